The molecule has 0 aliphatic heterocycles. The van der Waals surface area contributed by atoms with Crippen LogP contribution in [0, 0.1) is 0 Å². The molecule has 0 aliphatic carbocycles. The molecule has 0 amide bonds. The van der Waals surface area contributed by atoms with Gasteiger partial charge in [-0.2, -0.15) is 0 Å². The summed E-state index contributed by atoms with van der Waals surface area (Å²) in [6.45, 7) is 14.0. The van der Waals surface area contributed by atoms with Gasteiger partial charge in [0.05, 0.1) is 0 Å². The first kappa shape index (κ1) is 19.9. The lowest BCUT2D eigenvalue weighted by atomic mass is 9.83. The second-order valence-corrected chi connectivity index (χ2v) is 11.2. The minimum atomic E-state index is 0.274. The van der Waals surface area contributed by atoms with E-state index in [0.717, 1.165) is 0 Å². The average molecular weight is 403 g/mol. The van der Waals surface area contributed by atoms with Gasteiger partial charge in [-0.25, -0.2) is 0 Å². The Bertz CT molecular complexity index is 856. The summed E-state index contributed by atoms with van der Waals surface area (Å²) in [5.41, 5.74) is 0.591. The first-order valence-corrected chi connectivity index (χ1v) is 12.1. The summed E-state index contributed by atoms with van der Waals surface area (Å²) in [6.07, 6.45) is 3.57. The molecule has 26 heavy (non-hydrogen) atoms. The third-order valence-corrected chi connectivity index (χ3v) is 10.3. The number of hydrogen-bond donors (Lipinski definition) is 0. The van der Waals surface area contributed by atoms with Crippen LogP contribution < -0.4 is 0 Å². The first-order chi connectivity index (χ1) is 12.3. The SMILES string of the molecule is CCC(C)(C)c1ccc(-c2ccc(-c3ccc(C(C)(CC)CC)s3)s2)s1. The molecule has 3 heterocycles. The van der Waals surface area contributed by atoms with Gasteiger partial charge in [0.1, 0.15) is 0 Å². The van der Waals surface area contributed by atoms with Crippen molar-refractivity contribution < 1.29 is 0 Å². The summed E-state index contributed by atoms with van der Waals surface area (Å²) >= 11 is 5.86. The molecule has 0 bridgehead atoms. The molecule has 0 nitrogen and oxygen atoms in total. The summed E-state index contributed by atoms with van der Waals surface area (Å²) in [5, 5.41) is 0. The van der Waals surface area contributed by atoms with Gasteiger partial charge >= 0.3 is 0 Å². The minimum absolute atomic E-state index is 0.274. The smallest absolute Gasteiger partial charge is 0.0449 e. The van der Waals surface area contributed by atoms with Crippen molar-refractivity contribution in [2.24, 2.45) is 0 Å². The van der Waals surface area contributed by atoms with Gasteiger partial charge in [0.15, 0.2) is 0 Å². The molecule has 3 aromatic rings. The number of thiophene rings is 3. The van der Waals surface area contributed by atoms with E-state index in [9.17, 15) is 0 Å². The van der Waals surface area contributed by atoms with Gasteiger partial charge in [0.2, 0.25) is 0 Å². The molecule has 0 saturated carbocycles. The molecule has 0 aliphatic rings. The molecule has 3 heteroatoms. The molecule has 0 unspecified atom stereocenters. The van der Waals surface area contributed by atoms with E-state index in [1.807, 2.05) is 34.0 Å². The van der Waals surface area contributed by atoms with Gasteiger partial charge in [0, 0.05) is 34.7 Å². The standard InChI is InChI=1S/C23H30S3/c1-7-22(4,5)20-14-12-18(25-20)16-10-11-17(24-16)19-13-15-21(26-19)23(6,8-2)9-3/h10-15H,7-9H2,1-6H3. The van der Waals surface area contributed by atoms with Crippen molar-refractivity contribution in [1.29, 1.82) is 0 Å². The van der Waals surface area contributed by atoms with Gasteiger partial charge in [-0.1, -0.05) is 41.5 Å². The number of hydrogen-bond acceptors (Lipinski definition) is 3. The fraction of sp³-hybridized carbons (Fsp3) is 0.478. The maximum atomic E-state index is 2.39. The molecule has 3 rings (SSSR count). The van der Waals surface area contributed by atoms with Crippen molar-refractivity contribution in [2.45, 2.75) is 71.6 Å². The highest BCUT2D eigenvalue weighted by molar-refractivity contribution is 7.26. The highest BCUT2D eigenvalue weighted by Gasteiger charge is 2.25. The summed E-state index contributed by atoms with van der Waals surface area (Å²) in [5.74, 6) is 0. The van der Waals surface area contributed by atoms with E-state index in [0.29, 0.717) is 5.41 Å². The molecule has 0 N–H and O–H groups in total. The van der Waals surface area contributed by atoms with Crippen molar-refractivity contribution in [1.82, 2.24) is 0 Å². The van der Waals surface area contributed by atoms with E-state index in [-0.39, 0.29) is 5.41 Å². The Morgan fingerprint density at radius 3 is 1.50 bits per heavy atom. The Labute approximate surface area is 170 Å². The molecular weight excluding hydrogens is 372 g/mol. The maximum absolute atomic E-state index is 2.39. The van der Waals surface area contributed by atoms with Gasteiger partial charge in [0.25, 0.3) is 0 Å². The Balaban J connectivity index is 1.86. The highest BCUT2D eigenvalue weighted by Crippen LogP contribution is 2.44. The first-order valence-electron chi connectivity index (χ1n) is 9.64. The van der Waals surface area contributed by atoms with E-state index < -0.39 is 0 Å². The third-order valence-electron chi connectivity index (χ3n) is 6.01. The second-order valence-electron chi connectivity index (χ2n) is 8.00. The van der Waals surface area contributed by atoms with Crippen LogP contribution in [0.3, 0.4) is 0 Å². The van der Waals surface area contributed by atoms with Crippen LogP contribution in [0.15, 0.2) is 36.4 Å². The molecule has 0 spiro atoms. The van der Waals surface area contributed by atoms with E-state index >= 15 is 0 Å². The van der Waals surface area contributed by atoms with Crippen molar-refractivity contribution in [2.75, 3.05) is 0 Å². The minimum Gasteiger partial charge on any atom is -0.139 e. The average Bonchev–Trinajstić information content (AvgIpc) is 3.39. The van der Waals surface area contributed by atoms with Crippen LogP contribution in [0.1, 0.15) is 70.6 Å². The Kier molecular flexibility index (Phi) is 5.81. The molecular formula is C23H30S3. The predicted molar refractivity (Wildman–Crippen MR) is 122 cm³/mol. The van der Waals surface area contributed by atoms with E-state index in [1.165, 1.54) is 48.5 Å². The van der Waals surface area contributed by atoms with Crippen molar-refractivity contribution in [3.63, 3.8) is 0 Å². The number of rotatable bonds is 7. The van der Waals surface area contributed by atoms with E-state index in [2.05, 4.69) is 77.9 Å². The molecule has 0 atom stereocenters. The zero-order valence-corrected chi connectivity index (χ0v) is 19.3. The fourth-order valence-corrected chi connectivity index (χ4v) is 6.66. The lowest BCUT2D eigenvalue weighted by molar-refractivity contribution is 0.448. The zero-order valence-electron chi connectivity index (χ0n) is 16.8. The lowest BCUT2D eigenvalue weighted by Crippen LogP contribution is -2.17. The van der Waals surface area contributed by atoms with Gasteiger partial charge in [-0.3, -0.25) is 0 Å². The van der Waals surface area contributed by atoms with Crippen molar-refractivity contribution in [3.05, 3.63) is 46.2 Å². The topological polar surface area (TPSA) is 0 Å². The molecule has 0 saturated heterocycles. The predicted octanol–water partition coefficient (Wildman–Crippen LogP) is 8.97. The third kappa shape index (κ3) is 3.72. The summed E-state index contributed by atoms with van der Waals surface area (Å²) in [4.78, 5) is 8.62. The highest BCUT2D eigenvalue weighted by atomic mass is 32.1. The van der Waals surface area contributed by atoms with Crippen LogP contribution >= 0.6 is 34.0 Å². The van der Waals surface area contributed by atoms with Crippen LogP contribution in [-0.4, -0.2) is 0 Å². The quantitative estimate of drug-likeness (QED) is 0.370. The summed E-state index contributed by atoms with van der Waals surface area (Å²) in [7, 11) is 0. The largest absolute Gasteiger partial charge is 0.139 e. The van der Waals surface area contributed by atoms with Gasteiger partial charge in [-0.15, -0.1) is 34.0 Å². The Morgan fingerprint density at radius 2 is 1.00 bits per heavy atom. The molecule has 3 aromatic heterocycles. The van der Waals surface area contributed by atoms with Crippen molar-refractivity contribution >= 4 is 34.0 Å². The van der Waals surface area contributed by atoms with Crippen LogP contribution in [0.4, 0.5) is 0 Å². The van der Waals surface area contributed by atoms with Crippen LogP contribution in [0.2, 0.25) is 0 Å². The maximum Gasteiger partial charge on any atom is 0.0449 e. The van der Waals surface area contributed by atoms with Crippen LogP contribution in [0.25, 0.3) is 19.5 Å². The monoisotopic (exact) mass is 402 g/mol. The van der Waals surface area contributed by atoms with Crippen LogP contribution in [0.5, 0.6) is 0 Å². The Hall–Kier alpha value is -0.900. The molecule has 140 valence electrons. The fourth-order valence-electron chi connectivity index (χ4n) is 3.00. The lowest BCUT2D eigenvalue weighted by Gasteiger charge is -2.24. The Morgan fingerprint density at radius 1 is 0.577 bits per heavy atom. The van der Waals surface area contributed by atoms with Gasteiger partial charge in [-0.05, 0) is 61.1 Å². The molecule has 0 radical (unpaired) electrons. The van der Waals surface area contributed by atoms with E-state index in [1.54, 1.807) is 0 Å². The second kappa shape index (κ2) is 7.61. The summed E-state index contributed by atoms with van der Waals surface area (Å²) < 4.78 is 0. The normalized spacial score (nSPS) is 12.7. The zero-order chi connectivity index (χ0) is 18.9. The molecule has 0 fully saturated rings. The molecule has 0 aromatic carbocycles. The van der Waals surface area contributed by atoms with Gasteiger partial charge < -0.3 is 0 Å². The van der Waals surface area contributed by atoms with Crippen LogP contribution in [-0.2, 0) is 10.8 Å². The van der Waals surface area contributed by atoms with E-state index in [4.69, 9.17) is 0 Å². The summed E-state index contributed by atoms with van der Waals surface area (Å²) in [6, 6.07) is 13.9. The van der Waals surface area contributed by atoms with Crippen molar-refractivity contribution in [3.8, 4) is 19.5 Å².